The van der Waals surface area contributed by atoms with Gasteiger partial charge in [-0.15, -0.1) is 0 Å². The summed E-state index contributed by atoms with van der Waals surface area (Å²) in [5.74, 6) is 5.40. The highest BCUT2D eigenvalue weighted by Crippen LogP contribution is 2.14. The Morgan fingerprint density at radius 3 is 3.11 bits per heavy atom. The number of anilines is 1. The second-order valence-corrected chi connectivity index (χ2v) is 4.77. The Morgan fingerprint density at radius 1 is 1.53 bits per heavy atom. The number of likely N-dealkylation sites (N-methyl/N-ethyl adjacent to an activating group) is 1. The summed E-state index contributed by atoms with van der Waals surface area (Å²) in [4.78, 5) is 22.2. The van der Waals surface area contributed by atoms with Gasteiger partial charge in [0.25, 0.3) is 5.91 Å². The normalized spacial score (nSPS) is 20.0. The van der Waals surface area contributed by atoms with Crippen LogP contribution in [0.5, 0.6) is 0 Å². The summed E-state index contributed by atoms with van der Waals surface area (Å²) in [5, 5.41) is 2.90. The number of rotatable bonds is 4. The number of nitrogen functional groups attached to an aromatic ring is 1. The SMILES string of the molecule is CN1CCCCC1CNC(=O)c1cncc(NN)n1. The number of amides is 1. The van der Waals surface area contributed by atoms with E-state index in [1.54, 1.807) is 0 Å². The molecule has 7 heteroatoms. The highest BCUT2D eigenvalue weighted by molar-refractivity contribution is 5.92. The van der Waals surface area contributed by atoms with E-state index in [1.165, 1.54) is 25.2 Å². The van der Waals surface area contributed by atoms with Gasteiger partial charge in [0.1, 0.15) is 5.69 Å². The molecule has 1 fully saturated rings. The lowest BCUT2D eigenvalue weighted by molar-refractivity contribution is 0.0923. The molecular weight excluding hydrogens is 244 g/mol. The summed E-state index contributed by atoms with van der Waals surface area (Å²) in [6, 6.07) is 0.404. The predicted octanol–water partition coefficient (Wildman–Crippen LogP) is -0.0237. The predicted molar refractivity (Wildman–Crippen MR) is 72.4 cm³/mol. The molecule has 0 radical (unpaired) electrons. The molecule has 2 heterocycles. The fourth-order valence-electron chi connectivity index (χ4n) is 2.25. The average Bonchev–Trinajstić information content (AvgIpc) is 2.46. The molecule has 1 saturated heterocycles. The molecule has 2 rings (SSSR count). The van der Waals surface area contributed by atoms with Gasteiger partial charge in [0.05, 0.1) is 12.4 Å². The molecule has 7 nitrogen and oxygen atoms in total. The zero-order valence-corrected chi connectivity index (χ0v) is 11.1. The molecule has 0 aliphatic carbocycles. The minimum atomic E-state index is -0.219. The van der Waals surface area contributed by atoms with E-state index in [2.05, 4.69) is 32.7 Å². The largest absolute Gasteiger partial charge is 0.349 e. The van der Waals surface area contributed by atoms with Crippen LogP contribution < -0.4 is 16.6 Å². The first kappa shape index (κ1) is 13.7. The van der Waals surface area contributed by atoms with Gasteiger partial charge in [0.15, 0.2) is 5.82 Å². The molecule has 4 N–H and O–H groups in total. The highest BCUT2D eigenvalue weighted by atomic mass is 16.1. The number of nitrogens with two attached hydrogens (primary N) is 1. The Bertz CT molecular complexity index is 438. The number of carbonyl (C=O) groups is 1. The number of nitrogens with one attached hydrogen (secondary N) is 2. The van der Waals surface area contributed by atoms with E-state index >= 15 is 0 Å². The van der Waals surface area contributed by atoms with Crippen molar-refractivity contribution >= 4 is 11.7 Å². The fourth-order valence-corrected chi connectivity index (χ4v) is 2.25. The Hall–Kier alpha value is -1.73. The number of hydrogen-bond donors (Lipinski definition) is 3. The van der Waals surface area contributed by atoms with E-state index in [0.717, 1.165) is 13.0 Å². The maximum atomic E-state index is 12.0. The van der Waals surface area contributed by atoms with Gasteiger partial charge in [0, 0.05) is 12.6 Å². The molecule has 1 amide bonds. The Balaban J connectivity index is 1.89. The van der Waals surface area contributed by atoms with Crippen molar-refractivity contribution in [3.8, 4) is 0 Å². The zero-order chi connectivity index (χ0) is 13.7. The van der Waals surface area contributed by atoms with E-state index in [9.17, 15) is 4.79 Å². The molecule has 0 bridgehead atoms. The summed E-state index contributed by atoms with van der Waals surface area (Å²) in [7, 11) is 2.09. The molecule has 0 saturated carbocycles. The number of carbonyl (C=O) groups excluding carboxylic acids is 1. The van der Waals surface area contributed by atoms with Gasteiger partial charge in [-0.25, -0.2) is 10.8 Å². The molecule has 0 spiro atoms. The van der Waals surface area contributed by atoms with Crippen molar-refractivity contribution in [3.05, 3.63) is 18.1 Å². The Morgan fingerprint density at radius 2 is 2.37 bits per heavy atom. The molecule has 1 aromatic heterocycles. The van der Waals surface area contributed by atoms with Crippen molar-refractivity contribution in [3.63, 3.8) is 0 Å². The monoisotopic (exact) mass is 264 g/mol. The van der Waals surface area contributed by atoms with Gasteiger partial charge < -0.3 is 15.6 Å². The zero-order valence-electron chi connectivity index (χ0n) is 11.1. The summed E-state index contributed by atoms with van der Waals surface area (Å²) in [6.45, 7) is 1.73. The maximum Gasteiger partial charge on any atom is 0.271 e. The lowest BCUT2D eigenvalue weighted by Crippen LogP contribution is -2.44. The van der Waals surface area contributed by atoms with E-state index in [-0.39, 0.29) is 11.6 Å². The molecule has 1 aliphatic heterocycles. The first-order chi connectivity index (χ1) is 9.20. The lowest BCUT2D eigenvalue weighted by Gasteiger charge is -2.32. The van der Waals surface area contributed by atoms with E-state index in [4.69, 9.17) is 5.84 Å². The fraction of sp³-hybridized carbons (Fsp3) is 0.583. The second kappa shape index (κ2) is 6.44. The number of likely N-dealkylation sites (tertiary alicyclic amines) is 1. The highest BCUT2D eigenvalue weighted by Gasteiger charge is 2.19. The number of nitrogens with zero attached hydrogens (tertiary/aromatic N) is 3. The second-order valence-electron chi connectivity index (χ2n) is 4.77. The van der Waals surface area contributed by atoms with Crippen LogP contribution in [0.15, 0.2) is 12.4 Å². The molecule has 19 heavy (non-hydrogen) atoms. The standard InChI is InChI=1S/C12H20N6O/c1-18-5-3-2-4-9(18)6-15-12(19)10-7-14-8-11(16-10)17-13/h7-9H,2-6,13H2,1H3,(H,15,19)(H,16,17). The van der Waals surface area contributed by atoms with Crippen LogP contribution in [0, 0.1) is 0 Å². The van der Waals surface area contributed by atoms with E-state index in [0.29, 0.717) is 18.4 Å². The van der Waals surface area contributed by atoms with Crippen molar-refractivity contribution in [2.24, 2.45) is 5.84 Å². The summed E-state index contributed by atoms with van der Waals surface area (Å²) in [6.07, 6.45) is 6.47. The minimum Gasteiger partial charge on any atom is -0.349 e. The Kier molecular flexibility index (Phi) is 4.64. The molecule has 1 aromatic rings. The van der Waals surface area contributed by atoms with Crippen LogP contribution in [-0.2, 0) is 0 Å². The Labute approximate surface area is 112 Å². The van der Waals surface area contributed by atoms with Crippen LogP contribution in [0.4, 0.5) is 5.82 Å². The summed E-state index contributed by atoms with van der Waals surface area (Å²) >= 11 is 0. The first-order valence-electron chi connectivity index (χ1n) is 6.48. The number of hydrogen-bond acceptors (Lipinski definition) is 6. The third-order valence-corrected chi connectivity index (χ3v) is 3.43. The van der Waals surface area contributed by atoms with Crippen molar-refractivity contribution in [1.82, 2.24) is 20.2 Å². The molecule has 1 atom stereocenters. The van der Waals surface area contributed by atoms with E-state index < -0.39 is 0 Å². The maximum absolute atomic E-state index is 12.0. The summed E-state index contributed by atoms with van der Waals surface area (Å²) < 4.78 is 0. The van der Waals surface area contributed by atoms with Crippen LogP contribution in [0.1, 0.15) is 29.8 Å². The number of piperidine rings is 1. The van der Waals surface area contributed by atoms with Crippen molar-refractivity contribution in [1.29, 1.82) is 0 Å². The van der Waals surface area contributed by atoms with Crippen LogP contribution in [-0.4, -0.2) is 47.0 Å². The van der Waals surface area contributed by atoms with Gasteiger partial charge in [-0.2, -0.15) is 0 Å². The molecule has 104 valence electrons. The molecule has 1 aliphatic rings. The average molecular weight is 264 g/mol. The van der Waals surface area contributed by atoms with E-state index in [1.807, 2.05) is 0 Å². The van der Waals surface area contributed by atoms with Crippen LogP contribution in [0.25, 0.3) is 0 Å². The topological polar surface area (TPSA) is 96.2 Å². The van der Waals surface area contributed by atoms with Gasteiger partial charge in [0.2, 0.25) is 0 Å². The smallest absolute Gasteiger partial charge is 0.271 e. The first-order valence-corrected chi connectivity index (χ1v) is 6.48. The van der Waals surface area contributed by atoms with Crippen LogP contribution >= 0.6 is 0 Å². The third-order valence-electron chi connectivity index (χ3n) is 3.43. The van der Waals surface area contributed by atoms with Crippen LogP contribution in [0.2, 0.25) is 0 Å². The van der Waals surface area contributed by atoms with Gasteiger partial charge in [-0.3, -0.25) is 9.78 Å². The van der Waals surface area contributed by atoms with Gasteiger partial charge in [-0.05, 0) is 26.4 Å². The van der Waals surface area contributed by atoms with Crippen molar-refractivity contribution < 1.29 is 4.79 Å². The van der Waals surface area contributed by atoms with Crippen LogP contribution in [0.3, 0.4) is 0 Å². The molecule has 0 aromatic carbocycles. The minimum absolute atomic E-state index is 0.219. The molecule has 1 unspecified atom stereocenters. The number of hydrazine groups is 1. The van der Waals surface area contributed by atoms with Gasteiger partial charge in [-0.1, -0.05) is 6.42 Å². The number of aromatic nitrogens is 2. The third kappa shape index (κ3) is 3.62. The summed E-state index contributed by atoms with van der Waals surface area (Å²) in [5.41, 5.74) is 2.65. The van der Waals surface area contributed by atoms with Crippen molar-refractivity contribution in [2.75, 3.05) is 25.6 Å². The van der Waals surface area contributed by atoms with Crippen molar-refractivity contribution in [2.45, 2.75) is 25.3 Å². The van der Waals surface area contributed by atoms with Gasteiger partial charge >= 0.3 is 0 Å². The molecular formula is C12H20N6O. The quantitative estimate of drug-likeness (QED) is 0.522. The lowest BCUT2D eigenvalue weighted by atomic mass is 10.0.